The van der Waals surface area contributed by atoms with Gasteiger partial charge in [0, 0.05) is 0 Å². The second-order valence-corrected chi connectivity index (χ2v) is 1.58. The molecule has 0 nitrogen and oxygen atoms in total. The topological polar surface area (TPSA) is 0 Å². The number of hydrogen-bond acceptors (Lipinski definition) is 0. The zero-order chi connectivity index (χ0) is 6.95. The molecule has 1 aromatic rings. The molecule has 0 aliphatic carbocycles. The Morgan fingerprint density at radius 1 is 1.18 bits per heavy atom. The van der Waals surface area contributed by atoms with E-state index in [1.165, 1.54) is 0 Å². The zero-order valence-corrected chi connectivity index (χ0v) is 11.6. The largest absolute Gasteiger partial charge is 2.00 e. The number of halogens is 1. The predicted molar refractivity (Wildman–Crippen MR) is 51.2 cm³/mol. The van der Waals surface area contributed by atoms with Crippen molar-refractivity contribution in [1.82, 2.24) is 0 Å². The van der Waals surface area contributed by atoms with E-state index in [4.69, 9.17) is 0 Å². The van der Waals surface area contributed by atoms with Crippen molar-refractivity contribution in [3.8, 4) is 0 Å². The summed E-state index contributed by atoms with van der Waals surface area (Å²) in [4.78, 5) is 0. The Morgan fingerprint density at radius 3 is 1.64 bits per heavy atom. The van der Waals surface area contributed by atoms with Crippen LogP contribution in [0.25, 0.3) is 0 Å². The fourth-order valence-electron chi connectivity index (χ4n) is 0.342. The molecule has 11 heavy (non-hydrogen) atoms. The second-order valence-electron chi connectivity index (χ2n) is 1.58. The molecule has 0 aliphatic heterocycles. The second kappa shape index (κ2) is 16.7. The van der Waals surface area contributed by atoms with Crippen LogP contribution in [0.5, 0.6) is 0 Å². The Labute approximate surface area is 92.9 Å². The summed E-state index contributed by atoms with van der Waals surface area (Å²) in [5.74, 6) is 0. The third-order valence-electron chi connectivity index (χ3n) is 0.607. The van der Waals surface area contributed by atoms with Crippen LogP contribution >= 0.6 is 17.0 Å². The van der Waals surface area contributed by atoms with E-state index in [9.17, 15) is 0 Å². The molecule has 0 N–H and O–H groups in total. The molecule has 0 spiro atoms. The standard InChI is InChI=1S/C6H5.C3H7.BrH.Zn/c1-2-4-6-5-3-1;1-3-2;;/h1-5H;1,3H2,2H3;1H;/q2*-1;;+2. The van der Waals surface area contributed by atoms with E-state index in [1.54, 1.807) is 0 Å². The third-order valence-corrected chi connectivity index (χ3v) is 0.607. The van der Waals surface area contributed by atoms with Gasteiger partial charge in [-0.2, -0.15) is 42.8 Å². The van der Waals surface area contributed by atoms with E-state index in [0.29, 0.717) is 0 Å². The monoisotopic (exact) mass is 264 g/mol. The molecule has 0 unspecified atom stereocenters. The maximum absolute atomic E-state index is 3.49. The molecule has 2 heteroatoms. The Morgan fingerprint density at radius 2 is 1.55 bits per heavy atom. The molecule has 1 rings (SSSR count). The maximum Gasteiger partial charge on any atom is 2.00 e. The normalized spacial score (nSPS) is 6.00. The molecule has 0 saturated carbocycles. The van der Waals surface area contributed by atoms with Gasteiger partial charge < -0.3 is 6.92 Å². The molecule has 0 fully saturated rings. The van der Waals surface area contributed by atoms with E-state index < -0.39 is 0 Å². The molecule has 0 atom stereocenters. The summed E-state index contributed by atoms with van der Waals surface area (Å²) in [5, 5.41) is 0. The Balaban J connectivity index is -0.000000116. The molecule has 58 valence electrons. The van der Waals surface area contributed by atoms with Gasteiger partial charge in [0.2, 0.25) is 0 Å². The summed E-state index contributed by atoms with van der Waals surface area (Å²) in [6, 6.07) is 12.5. The van der Waals surface area contributed by atoms with Gasteiger partial charge in [-0.1, -0.05) is 6.92 Å². The van der Waals surface area contributed by atoms with Crippen LogP contribution in [0.2, 0.25) is 0 Å². The van der Waals surface area contributed by atoms with Gasteiger partial charge in [0.1, 0.15) is 0 Å². The molecule has 0 radical (unpaired) electrons. The van der Waals surface area contributed by atoms with Crippen LogP contribution in [-0.2, 0) is 19.5 Å². The summed E-state index contributed by atoms with van der Waals surface area (Å²) in [6.07, 6.45) is 1.00. The average molecular weight is 266 g/mol. The van der Waals surface area contributed by atoms with Crippen LogP contribution in [0.15, 0.2) is 30.3 Å². The first-order chi connectivity index (χ1) is 4.41. The van der Waals surface area contributed by atoms with Crippen LogP contribution in [-0.4, -0.2) is 0 Å². The van der Waals surface area contributed by atoms with E-state index in [1.807, 2.05) is 37.3 Å². The first-order valence-corrected chi connectivity index (χ1v) is 3.12. The summed E-state index contributed by atoms with van der Waals surface area (Å²) < 4.78 is 0. The van der Waals surface area contributed by atoms with E-state index in [2.05, 4.69) is 13.0 Å². The van der Waals surface area contributed by atoms with Crippen molar-refractivity contribution in [3.63, 3.8) is 0 Å². The fourth-order valence-corrected chi connectivity index (χ4v) is 0.342. The van der Waals surface area contributed by atoms with Crippen LogP contribution in [0.4, 0.5) is 0 Å². The molecule has 1 aromatic carbocycles. The van der Waals surface area contributed by atoms with Gasteiger partial charge in [0.25, 0.3) is 0 Å². The fraction of sp³-hybridized carbons (Fsp3) is 0.222. The molecule has 0 amide bonds. The van der Waals surface area contributed by atoms with E-state index >= 15 is 0 Å². The Hall–Kier alpha value is 0.323. The quantitative estimate of drug-likeness (QED) is 0.499. The van der Waals surface area contributed by atoms with Crippen molar-refractivity contribution < 1.29 is 19.5 Å². The number of hydrogen-bond donors (Lipinski definition) is 0. The smallest absolute Gasteiger partial charge is 0.344 e. The van der Waals surface area contributed by atoms with Gasteiger partial charge in [0.15, 0.2) is 0 Å². The van der Waals surface area contributed by atoms with Crippen molar-refractivity contribution in [2.24, 2.45) is 0 Å². The van der Waals surface area contributed by atoms with Crippen molar-refractivity contribution in [2.75, 3.05) is 0 Å². The summed E-state index contributed by atoms with van der Waals surface area (Å²) >= 11 is 0. The van der Waals surface area contributed by atoms with E-state index in [0.717, 1.165) is 6.42 Å². The van der Waals surface area contributed by atoms with Crippen molar-refractivity contribution in [2.45, 2.75) is 13.3 Å². The van der Waals surface area contributed by atoms with Gasteiger partial charge >= 0.3 is 19.5 Å². The minimum atomic E-state index is 0. The first kappa shape index (κ1) is 17.4. The van der Waals surface area contributed by atoms with Crippen molar-refractivity contribution >= 4 is 17.0 Å². The molecule has 0 aromatic heterocycles. The number of benzene rings is 1. The Kier molecular flexibility index (Phi) is 26.5. The zero-order valence-electron chi connectivity index (χ0n) is 6.92. The van der Waals surface area contributed by atoms with Gasteiger partial charge in [-0.3, -0.25) is 0 Å². The van der Waals surface area contributed by atoms with Crippen LogP contribution < -0.4 is 0 Å². The first-order valence-electron chi connectivity index (χ1n) is 3.12. The molecular weight excluding hydrogens is 253 g/mol. The summed E-state index contributed by atoms with van der Waals surface area (Å²) in [5.41, 5.74) is 0. The number of rotatable bonds is 0. The molecule has 0 bridgehead atoms. The molecule has 0 heterocycles. The maximum atomic E-state index is 3.49. The SMILES string of the molecule is Br.[CH2-]CC.[Zn+2].[c-]1ccccc1. The molecule has 0 saturated heterocycles. The van der Waals surface area contributed by atoms with Crippen LogP contribution in [0.1, 0.15) is 13.3 Å². The average Bonchev–Trinajstić information content (AvgIpc) is 1.93. The van der Waals surface area contributed by atoms with Crippen molar-refractivity contribution in [1.29, 1.82) is 0 Å². The molecular formula is C9H13BrZn. The van der Waals surface area contributed by atoms with Crippen molar-refractivity contribution in [3.05, 3.63) is 43.3 Å². The minimum absolute atomic E-state index is 0. The molecule has 0 aliphatic rings. The minimum Gasteiger partial charge on any atom is -0.344 e. The predicted octanol–water partition coefficient (Wildman–Crippen LogP) is 3.29. The summed E-state index contributed by atoms with van der Waals surface area (Å²) in [6.45, 7) is 5.50. The summed E-state index contributed by atoms with van der Waals surface area (Å²) in [7, 11) is 0. The van der Waals surface area contributed by atoms with E-state index in [-0.39, 0.29) is 36.5 Å². The third kappa shape index (κ3) is 17.9. The van der Waals surface area contributed by atoms with Gasteiger partial charge in [-0.05, 0) is 0 Å². The van der Waals surface area contributed by atoms with Gasteiger partial charge in [-0.15, -0.1) is 17.0 Å². The van der Waals surface area contributed by atoms with Gasteiger partial charge in [-0.25, -0.2) is 0 Å². The van der Waals surface area contributed by atoms with Crippen LogP contribution in [0, 0.1) is 13.0 Å². The van der Waals surface area contributed by atoms with Crippen LogP contribution in [0.3, 0.4) is 0 Å². The van der Waals surface area contributed by atoms with Gasteiger partial charge in [0.05, 0.1) is 0 Å². The Bertz CT molecular complexity index is 92.4.